The number of hydrogen-bond acceptors (Lipinski definition) is 8. The number of hydrogen-bond donors (Lipinski definition) is 0. The Morgan fingerprint density at radius 1 is 1.21 bits per heavy atom. The summed E-state index contributed by atoms with van der Waals surface area (Å²) in [5, 5.41) is 11.9. The number of furan rings is 1. The molecule has 0 amide bonds. The second kappa shape index (κ2) is 10.6. The van der Waals surface area contributed by atoms with Gasteiger partial charge in [-0.15, -0.1) is 0 Å². The lowest BCUT2D eigenvalue weighted by Gasteiger charge is -2.25. The topological polar surface area (TPSA) is 117 Å². The third-order valence-electron chi connectivity index (χ3n) is 6.04. The number of nitro benzene ring substituents is 1. The van der Waals surface area contributed by atoms with Crippen molar-refractivity contribution in [2.24, 2.45) is 4.99 Å². The maximum absolute atomic E-state index is 13.7. The molecule has 0 saturated carbocycles. The standard InChI is InChI=1S/C27H19Cl2N3O6S/c1-3-37-26(34)23-14(2)30-27-31(24(23)17-6-4-5-7-19(17)28)25(33)22(39-27)13-16-9-11-21(38-16)18-12-15(32(35)36)8-10-20(18)29/h4-13,24H,3H2,1-2H3/b22-13-/t24-/m1/s1. The van der Waals surface area contributed by atoms with Gasteiger partial charge < -0.3 is 9.15 Å². The summed E-state index contributed by atoms with van der Waals surface area (Å²) in [5.41, 5.74) is 1.03. The minimum Gasteiger partial charge on any atom is -0.463 e. The zero-order chi connectivity index (χ0) is 27.8. The first-order valence-electron chi connectivity index (χ1n) is 11.7. The summed E-state index contributed by atoms with van der Waals surface area (Å²) in [6.07, 6.45) is 1.55. The van der Waals surface area contributed by atoms with Crippen LogP contribution in [-0.2, 0) is 9.53 Å². The van der Waals surface area contributed by atoms with E-state index in [0.29, 0.717) is 42.7 Å². The fourth-order valence-electron chi connectivity index (χ4n) is 4.30. The second-order valence-corrected chi connectivity index (χ2v) is 10.3. The summed E-state index contributed by atoms with van der Waals surface area (Å²) in [7, 11) is 0. The Morgan fingerprint density at radius 2 is 1.97 bits per heavy atom. The van der Waals surface area contributed by atoms with Crippen molar-refractivity contribution >= 4 is 52.3 Å². The summed E-state index contributed by atoms with van der Waals surface area (Å²) in [6.45, 7) is 3.55. The van der Waals surface area contributed by atoms with Crippen molar-refractivity contribution < 1.29 is 18.9 Å². The Morgan fingerprint density at radius 3 is 2.69 bits per heavy atom. The van der Waals surface area contributed by atoms with Gasteiger partial charge in [0.05, 0.1) is 32.4 Å². The molecule has 0 bridgehead atoms. The van der Waals surface area contributed by atoms with Crippen LogP contribution in [0.15, 0.2) is 80.1 Å². The third kappa shape index (κ3) is 4.94. The average Bonchev–Trinajstić information content (AvgIpc) is 3.48. The Bertz CT molecular complexity index is 1850. The number of non-ortho nitro benzene ring substituents is 1. The molecule has 12 heteroatoms. The molecule has 0 fully saturated rings. The van der Waals surface area contributed by atoms with E-state index in [4.69, 9.17) is 32.4 Å². The highest BCUT2D eigenvalue weighted by Gasteiger charge is 2.34. The molecule has 3 heterocycles. The third-order valence-corrected chi connectivity index (χ3v) is 7.70. The zero-order valence-corrected chi connectivity index (χ0v) is 22.8. The molecule has 2 aromatic carbocycles. The highest BCUT2D eigenvalue weighted by atomic mass is 35.5. The number of carbonyl (C=O) groups is 1. The number of ether oxygens (including phenoxy) is 1. The normalized spacial score (nSPS) is 15.2. The number of halogens is 2. The maximum Gasteiger partial charge on any atom is 0.338 e. The molecule has 39 heavy (non-hydrogen) atoms. The van der Waals surface area contributed by atoms with Crippen molar-refractivity contribution in [2.75, 3.05) is 6.61 Å². The number of rotatable bonds is 6. The van der Waals surface area contributed by atoms with Gasteiger partial charge in [-0.2, -0.15) is 0 Å². The van der Waals surface area contributed by atoms with Gasteiger partial charge in [0.1, 0.15) is 17.6 Å². The van der Waals surface area contributed by atoms with Crippen LogP contribution in [0.1, 0.15) is 31.2 Å². The van der Waals surface area contributed by atoms with Crippen molar-refractivity contribution in [3.8, 4) is 11.3 Å². The minimum atomic E-state index is -0.841. The van der Waals surface area contributed by atoms with E-state index < -0.39 is 22.5 Å². The molecule has 1 aliphatic heterocycles. The Kier molecular flexibility index (Phi) is 7.26. The van der Waals surface area contributed by atoms with Gasteiger partial charge in [-0.1, -0.05) is 52.7 Å². The van der Waals surface area contributed by atoms with Crippen LogP contribution < -0.4 is 14.9 Å². The van der Waals surface area contributed by atoms with Crippen LogP contribution in [0, 0.1) is 10.1 Å². The molecule has 198 valence electrons. The van der Waals surface area contributed by atoms with Gasteiger partial charge in [-0.05, 0) is 43.7 Å². The van der Waals surface area contributed by atoms with E-state index in [1.165, 1.54) is 22.8 Å². The van der Waals surface area contributed by atoms with Crippen molar-refractivity contribution in [3.63, 3.8) is 0 Å². The molecule has 2 aromatic heterocycles. The van der Waals surface area contributed by atoms with Gasteiger partial charge in [0.2, 0.25) is 0 Å². The van der Waals surface area contributed by atoms with E-state index in [-0.39, 0.29) is 22.9 Å². The van der Waals surface area contributed by atoms with Crippen LogP contribution in [0.5, 0.6) is 0 Å². The second-order valence-electron chi connectivity index (χ2n) is 8.45. The summed E-state index contributed by atoms with van der Waals surface area (Å²) >= 11 is 13.9. The Hall–Kier alpha value is -3.99. The number of esters is 1. The predicted molar refractivity (Wildman–Crippen MR) is 148 cm³/mol. The summed E-state index contributed by atoms with van der Waals surface area (Å²) in [6, 6.07) is 13.4. The van der Waals surface area contributed by atoms with Crippen molar-refractivity contribution in [3.05, 3.63) is 117 Å². The number of aromatic nitrogens is 1. The fraction of sp³-hybridized carbons (Fsp3) is 0.148. The molecule has 9 nitrogen and oxygen atoms in total. The SMILES string of the molecule is CCOC(=O)C1=C(C)N=c2s/c(=C\c3ccc(-c4cc([N+](=O)[O-])ccc4Cl)o3)c(=O)n2[C@@H]1c1ccccc1Cl. The molecule has 1 atom stereocenters. The number of thiazole rings is 1. The molecule has 0 N–H and O–H groups in total. The van der Waals surface area contributed by atoms with Crippen molar-refractivity contribution in [1.82, 2.24) is 4.57 Å². The number of nitro groups is 1. The molecule has 0 aliphatic carbocycles. The Labute approximate surface area is 235 Å². The first kappa shape index (κ1) is 26.6. The van der Waals surface area contributed by atoms with Crippen molar-refractivity contribution in [2.45, 2.75) is 19.9 Å². The number of benzene rings is 2. The molecular weight excluding hydrogens is 565 g/mol. The van der Waals surface area contributed by atoms with Gasteiger partial charge in [0.25, 0.3) is 11.2 Å². The van der Waals surface area contributed by atoms with Crippen LogP contribution in [0.3, 0.4) is 0 Å². The largest absolute Gasteiger partial charge is 0.463 e. The summed E-state index contributed by atoms with van der Waals surface area (Å²) in [5.74, 6) is 0.0491. The van der Waals surface area contributed by atoms with Gasteiger partial charge in [-0.3, -0.25) is 19.5 Å². The first-order chi connectivity index (χ1) is 18.7. The van der Waals surface area contributed by atoms with E-state index in [1.807, 2.05) is 0 Å². The minimum absolute atomic E-state index is 0.131. The van der Waals surface area contributed by atoms with E-state index in [1.54, 1.807) is 56.3 Å². The Balaban J connectivity index is 1.64. The summed E-state index contributed by atoms with van der Waals surface area (Å²) in [4.78, 5) is 42.3. The molecule has 0 spiro atoms. The first-order valence-corrected chi connectivity index (χ1v) is 13.2. The van der Waals surface area contributed by atoms with E-state index in [9.17, 15) is 19.7 Å². The quantitative estimate of drug-likeness (QED) is 0.173. The number of fused-ring (bicyclic) bond motifs is 1. The molecule has 1 aliphatic rings. The fourth-order valence-corrected chi connectivity index (χ4v) is 5.78. The van der Waals surface area contributed by atoms with Gasteiger partial charge in [0.15, 0.2) is 4.80 Å². The summed E-state index contributed by atoms with van der Waals surface area (Å²) < 4.78 is 12.9. The van der Waals surface area contributed by atoms with E-state index >= 15 is 0 Å². The van der Waals surface area contributed by atoms with Gasteiger partial charge in [0, 0.05) is 28.8 Å². The van der Waals surface area contributed by atoms with Gasteiger partial charge in [-0.25, -0.2) is 9.79 Å². The zero-order valence-electron chi connectivity index (χ0n) is 20.5. The predicted octanol–water partition coefficient (Wildman–Crippen LogP) is 5.27. The van der Waals surface area contributed by atoms with E-state index in [0.717, 1.165) is 11.3 Å². The van der Waals surface area contributed by atoms with Crippen LogP contribution in [-0.4, -0.2) is 22.1 Å². The lowest BCUT2D eigenvalue weighted by atomic mass is 9.96. The van der Waals surface area contributed by atoms with Crippen molar-refractivity contribution in [1.29, 1.82) is 0 Å². The van der Waals surface area contributed by atoms with E-state index in [2.05, 4.69) is 4.99 Å². The monoisotopic (exact) mass is 583 g/mol. The molecule has 5 rings (SSSR count). The number of nitrogens with zero attached hydrogens (tertiary/aromatic N) is 3. The number of carbonyl (C=O) groups excluding carboxylic acids is 1. The highest BCUT2D eigenvalue weighted by Crippen LogP contribution is 2.35. The van der Waals surface area contributed by atoms with Crippen LogP contribution >= 0.6 is 34.5 Å². The average molecular weight is 584 g/mol. The van der Waals surface area contributed by atoms with Crippen LogP contribution in [0.25, 0.3) is 17.4 Å². The lowest BCUT2D eigenvalue weighted by molar-refractivity contribution is -0.384. The molecule has 0 unspecified atom stereocenters. The lowest BCUT2D eigenvalue weighted by Crippen LogP contribution is -2.40. The number of allylic oxidation sites excluding steroid dienone is 1. The highest BCUT2D eigenvalue weighted by molar-refractivity contribution is 7.07. The molecule has 0 saturated heterocycles. The maximum atomic E-state index is 13.7. The molecule has 4 aromatic rings. The van der Waals surface area contributed by atoms with Crippen LogP contribution in [0.2, 0.25) is 10.0 Å². The smallest absolute Gasteiger partial charge is 0.338 e. The van der Waals surface area contributed by atoms with Crippen LogP contribution in [0.4, 0.5) is 5.69 Å². The van der Waals surface area contributed by atoms with Gasteiger partial charge >= 0.3 is 5.97 Å². The molecule has 0 radical (unpaired) electrons. The molecular formula is C27H19Cl2N3O6S.